The predicted molar refractivity (Wildman–Crippen MR) is 90.5 cm³/mol. The molecule has 5 heteroatoms. The highest BCUT2D eigenvalue weighted by Crippen LogP contribution is 2.25. The fraction of sp³-hybridized carbons (Fsp3) is 0.235. The van der Waals surface area contributed by atoms with E-state index in [1.165, 1.54) is 11.1 Å². The van der Waals surface area contributed by atoms with E-state index in [-0.39, 0.29) is 5.91 Å². The summed E-state index contributed by atoms with van der Waals surface area (Å²) in [7, 11) is 0. The third kappa shape index (κ3) is 3.61. The SMILES string of the molecule is O=C(CN1CCc2ccccc2C1)Nc1cc(Cl)ccc1Cl. The minimum absolute atomic E-state index is 0.0800. The number of carbonyl (C=O) groups is 1. The highest BCUT2D eigenvalue weighted by atomic mass is 35.5. The molecule has 0 radical (unpaired) electrons. The van der Waals surface area contributed by atoms with E-state index in [1.807, 2.05) is 6.07 Å². The van der Waals surface area contributed by atoms with Gasteiger partial charge in [-0.2, -0.15) is 0 Å². The van der Waals surface area contributed by atoms with Crippen molar-refractivity contribution in [1.82, 2.24) is 4.90 Å². The number of amides is 1. The maximum atomic E-state index is 12.2. The van der Waals surface area contributed by atoms with Crippen LogP contribution in [0.5, 0.6) is 0 Å². The fourth-order valence-electron chi connectivity index (χ4n) is 2.68. The molecule has 2 aromatic rings. The average molecular weight is 335 g/mol. The Hall–Kier alpha value is -1.55. The number of rotatable bonds is 3. The number of hydrogen-bond donors (Lipinski definition) is 1. The third-order valence-corrected chi connectivity index (χ3v) is 4.34. The largest absolute Gasteiger partial charge is 0.324 e. The van der Waals surface area contributed by atoms with Crippen molar-refractivity contribution in [2.75, 3.05) is 18.4 Å². The number of benzene rings is 2. The summed E-state index contributed by atoms with van der Waals surface area (Å²) in [5, 5.41) is 3.86. The molecule has 0 saturated carbocycles. The first-order chi connectivity index (χ1) is 10.6. The number of carbonyl (C=O) groups excluding carboxylic acids is 1. The molecule has 1 heterocycles. The van der Waals surface area contributed by atoms with Gasteiger partial charge in [0.15, 0.2) is 0 Å². The van der Waals surface area contributed by atoms with Gasteiger partial charge in [-0.1, -0.05) is 47.5 Å². The molecule has 0 bridgehead atoms. The molecular formula is C17H16Cl2N2O. The van der Waals surface area contributed by atoms with E-state index in [0.29, 0.717) is 22.3 Å². The van der Waals surface area contributed by atoms with Gasteiger partial charge in [-0.15, -0.1) is 0 Å². The molecule has 0 unspecified atom stereocenters. The van der Waals surface area contributed by atoms with Crippen molar-refractivity contribution in [2.24, 2.45) is 0 Å². The summed E-state index contributed by atoms with van der Waals surface area (Å²) in [5.74, 6) is -0.0800. The van der Waals surface area contributed by atoms with Crippen LogP contribution < -0.4 is 5.32 Å². The van der Waals surface area contributed by atoms with Crippen LogP contribution in [-0.2, 0) is 17.8 Å². The van der Waals surface area contributed by atoms with E-state index in [9.17, 15) is 4.79 Å². The average Bonchev–Trinajstić information content (AvgIpc) is 2.51. The summed E-state index contributed by atoms with van der Waals surface area (Å²) >= 11 is 12.0. The molecule has 0 aliphatic carbocycles. The number of anilines is 1. The Labute approximate surface area is 139 Å². The highest BCUT2D eigenvalue weighted by molar-refractivity contribution is 6.35. The smallest absolute Gasteiger partial charge is 0.238 e. The van der Waals surface area contributed by atoms with Crippen LogP contribution in [0.2, 0.25) is 10.0 Å². The van der Waals surface area contributed by atoms with Crippen molar-refractivity contribution >= 4 is 34.8 Å². The molecule has 2 aromatic carbocycles. The van der Waals surface area contributed by atoms with E-state index in [1.54, 1.807) is 18.2 Å². The normalized spacial score (nSPS) is 14.5. The van der Waals surface area contributed by atoms with Crippen LogP contribution in [0.1, 0.15) is 11.1 Å². The van der Waals surface area contributed by atoms with Crippen molar-refractivity contribution in [2.45, 2.75) is 13.0 Å². The monoisotopic (exact) mass is 334 g/mol. The van der Waals surface area contributed by atoms with Crippen LogP contribution in [0.3, 0.4) is 0 Å². The van der Waals surface area contributed by atoms with Gasteiger partial charge in [0, 0.05) is 18.1 Å². The third-order valence-electron chi connectivity index (χ3n) is 3.78. The van der Waals surface area contributed by atoms with Crippen molar-refractivity contribution in [3.8, 4) is 0 Å². The van der Waals surface area contributed by atoms with Crippen LogP contribution in [0, 0.1) is 0 Å². The van der Waals surface area contributed by atoms with Gasteiger partial charge in [-0.3, -0.25) is 9.69 Å². The van der Waals surface area contributed by atoms with Gasteiger partial charge in [0.05, 0.1) is 17.3 Å². The van der Waals surface area contributed by atoms with Crippen LogP contribution in [0.4, 0.5) is 5.69 Å². The Kier molecular flexibility index (Phi) is 4.67. The van der Waals surface area contributed by atoms with Gasteiger partial charge < -0.3 is 5.32 Å². The molecule has 0 atom stereocenters. The Morgan fingerprint density at radius 2 is 1.91 bits per heavy atom. The maximum absolute atomic E-state index is 12.2. The second-order valence-corrected chi connectivity index (χ2v) is 6.25. The molecule has 1 N–H and O–H groups in total. The summed E-state index contributed by atoms with van der Waals surface area (Å²) in [6, 6.07) is 13.4. The Balaban J connectivity index is 1.62. The molecule has 114 valence electrons. The number of halogens is 2. The van der Waals surface area contributed by atoms with Gasteiger partial charge in [-0.05, 0) is 35.7 Å². The van der Waals surface area contributed by atoms with Crippen molar-refractivity contribution < 1.29 is 4.79 Å². The second kappa shape index (κ2) is 6.69. The predicted octanol–water partition coefficient (Wildman–Crippen LogP) is 3.99. The van der Waals surface area contributed by atoms with Crippen LogP contribution in [0.15, 0.2) is 42.5 Å². The van der Waals surface area contributed by atoms with Gasteiger partial charge in [-0.25, -0.2) is 0 Å². The topological polar surface area (TPSA) is 32.3 Å². The van der Waals surface area contributed by atoms with E-state index in [0.717, 1.165) is 19.5 Å². The number of nitrogens with one attached hydrogen (secondary N) is 1. The summed E-state index contributed by atoms with van der Waals surface area (Å²) in [4.78, 5) is 14.3. The lowest BCUT2D eigenvalue weighted by Gasteiger charge is -2.28. The van der Waals surface area contributed by atoms with E-state index < -0.39 is 0 Å². The lowest BCUT2D eigenvalue weighted by Crippen LogP contribution is -2.37. The lowest BCUT2D eigenvalue weighted by molar-refractivity contribution is -0.117. The summed E-state index contributed by atoms with van der Waals surface area (Å²) in [5.41, 5.74) is 3.22. The first-order valence-corrected chi connectivity index (χ1v) is 7.91. The zero-order valence-electron chi connectivity index (χ0n) is 12.0. The summed E-state index contributed by atoms with van der Waals surface area (Å²) in [6.07, 6.45) is 0.974. The molecule has 3 nitrogen and oxygen atoms in total. The molecule has 1 amide bonds. The van der Waals surface area contributed by atoms with Gasteiger partial charge in [0.25, 0.3) is 0 Å². The standard InChI is InChI=1S/C17H16Cl2N2O/c18-14-5-6-15(19)16(9-14)20-17(22)11-21-8-7-12-3-1-2-4-13(12)10-21/h1-6,9H,7-8,10-11H2,(H,20,22). The van der Waals surface area contributed by atoms with Crippen LogP contribution >= 0.6 is 23.2 Å². The van der Waals surface area contributed by atoms with Gasteiger partial charge in [0.1, 0.15) is 0 Å². The van der Waals surface area contributed by atoms with Crippen LogP contribution in [0.25, 0.3) is 0 Å². The first-order valence-electron chi connectivity index (χ1n) is 7.16. The number of hydrogen-bond acceptors (Lipinski definition) is 2. The van der Waals surface area contributed by atoms with E-state index >= 15 is 0 Å². The Bertz CT molecular complexity index is 703. The molecule has 1 aliphatic heterocycles. The van der Waals surface area contributed by atoms with Crippen molar-refractivity contribution in [1.29, 1.82) is 0 Å². The number of nitrogens with zero attached hydrogens (tertiary/aromatic N) is 1. The quantitative estimate of drug-likeness (QED) is 0.920. The molecule has 22 heavy (non-hydrogen) atoms. The minimum Gasteiger partial charge on any atom is -0.324 e. The second-order valence-electron chi connectivity index (χ2n) is 5.40. The van der Waals surface area contributed by atoms with E-state index in [2.05, 4.69) is 28.4 Å². The maximum Gasteiger partial charge on any atom is 0.238 e. The molecule has 1 aliphatic rings. The number of fused-ring (bicyclic) bond motifs is 1. The summed E-state index contributed by atoms with van der Waals surface area (Å²) in [6.45, 7) is 2.03. The molecule has 0 fully saturated rings. The molecule has 0 spiro atoms. The van der Waals surface area contributed by atoms with E-state index in [4.69, 9.17) is 23.2 Å². The molecular weight excluding hydrogens is 319 g/mol. The zero-order valence-corrected chi connectivity index (χ0v) is 13.5. The Morgan fingerprint density at radius 1 is 1.14 bits per heavy atom. The summed E-state index contributed by atoms with van der Waals surface area (Å²) < 4.78 is 0. The highest BCUT2D eigenvalue weighted by Gasteiger charge is 2.18. The Morgan fingerprint density at radius 3 is 2.73 bits per heavy atom. The zero-order chi connectivity index (χ0) is 15.5. The van der Waals surface area contributed by atoms with Gasteiger partial charge in [0.2, 0.25) is 5.91 Å². The molecule has 3 rings (SSSR count). The van der Waals surface area contributed by atoms with Gasteiger partial charge >= 0.3 is 0 Å². The first kappa shape index (κ1) is 15.3. The van der Waals surface area contributed by atoms with Crippen molar-refractivity contribution in [3.63, 3.8) is 0 Å². The van der Waals surface area contributed by atoms with Crippen molar-refractivity contribution in [3.05, 3.63) is 63.6 Å². The minimum atomic E-state index is -0.0800. The van der Waals surface area contributed by atoms with Crippen LogP contribution in [-0.4, -0.2) is 23.9 Å². The fourth-order valence-corrected chi connectivity index (χ4v) is 3.01. The molecule has 0 aromatic heterocycles. The lowest BCUT2D eigenvalue weighted by atomic mass is 10.00. The molecule has 0 saturated heterocycles.